The second-order valence-electron chi connectivity index (χ2n) is 4.88. The molecule has 2 N–H and O–H groups in total. The molecule has 0 amide bonds. The molecule has 1 saturated heterocycles. The standard InChI is InChI=1S/C14H20N2O2/c1-16-9-4-3-8-14(16,15)12-7-5-6-11(10-12)13(17)18-2/h5-7,10H,3-4,8-9,15H2,1-2H3. The third-order valence-electron chi connectivity index (χ3n) is 3.77. The summed E-state index contributed by atoms with van der Waals surface area (Å²) >= 11 is 0. The van der Waals surface area contributed by atoms with Gasteiger partial charge in [-0.3, -0.25) is 4.90 Å². The van der Waals surface area contributed by atoms with Gasteiger partial charge in [-0.2, -0.15) is 0 Å². The molecule has 0 bridgehead atoms. The molecule has 18 heavy (non-hydrogen) atoms. The molecule has 1 atom stereocenters. The van der Waals surface area contributed by atoms with Gasteiger partial charge in [-0.1, -0.05) is 12.1 Å². The number of benzene rings is 1. The van der Waals surface area contributed by atoms with Gasteiger partial charge in [0, 0.05) is 0 Å². The summed E-state index contributed by atoms with van der Waals surface area (Å²) in [5.74, 6) is -0.320. The third-order valence-corrected chi connectivity index (χ3v) is 3.77. The van der Waals surface area contributed by atoms with Gasteiger partial charge in [0.1, 0.15) is 0 Å². The number of likely N-dealkylation sites (tertiary alicyclic amines) is 1. The predicted molar refractivity (Wildman–Crippen MR) is 70.1 cm³/mol. The van der Waals surface area contributed by atoms with Crippen molar-refractivity contribution in [1.82, 2.24) is 4.90 Å². The molecular formula is C14H20N2O2. The molecule has 0 spiro atoms. The second kappa shape index (κ2) is 5.08. The van der Waals surface area contributed by atoms with Gasteiger partial charge in [0.15, 0.2) is 0 Å². The molecule has 1 unspecified atom stereocenters. The first kappa shape index (κ1) is 13.1. The van der Waals surface area contributed by atoms with E-state index in [1.165, 1.54) is 13.5 Å². The first-order chi connectivity index (χ1) is 8.58. The molecule has 1 aliphatic rings. The van der Waals surface area contributed by atoms with Crippen molar-refractivity contribution in [3.63, 3.8) is 0 Å². The van der Waals surface area contributed by atoms with Crippen molar-refractivity contribution in [1.29, 1.82) is 0 Å². The van der Waals surface area contributed by atoms with Crippen LogP contribution in [0.15, 0.2) is 24.3 Å². The molecule has 0 aromatic heterocycles. The Morgan fingerprint density at radius 2 is 2.22 bits per heavy atom. The number of piperidine rings is 1. The Bertz CT molecular complexity index is 447. The van der Waals surface area contributed by atoms with E-state index in [0.29, 0.717) is 5.56 Å². The normalized spacial score (nSPS) is 24.8. The molecule has 98 valence electrons. The van der Waals surface area contributed by atoms with Crippen molar-refractivity contribution in [2.75, 3.05) is 20.7 Å². The van der Waals surface area contributed by atoms with Crippen LogP contribution in [0.4, 0.5) is 0 Å². The van der Waals surface area contributed by atoms with Gasteiger partial charge >= 0.3 is 5.97 Å². The number of carbonyl (C=O) groups excluding carboxylic acids is 1. The van der Waals surface area contributed by atoms with Crippen molar-refractivity contribution in [2.45, 2.75) is 24.9 Å². The average Bonchev–Trinajstić information content (AvgIpc) is 2.41. The van der Waals surface area contributed by atoms with Gasteiger partial charge in [0.05, 0.1) is 18.3 Å². The Labute approximate surface area is 108 Å². The van der Waals surface area contributed by atoms with E-state index in [1.807, 2.05) is 25.2 Å². The maximum atomic E-state index is 11.6. The summed E-state index contributed by atoms with van der Waals surface area (Å²) in [5.41, 5.74) is 7.57. The van der Waals surface area contributed by atoms with Crippen molar-refractivity contribution in [2.24, 2.45) is 5.73 Å². The number of methoxy groups -OCH3 is 1. The fourth-order valence-corrected chi connectivity index (χ4v) is 2.53. The van der Waals surface area contributed by atoms with Gasteiger partial charge in [-0.25, -0.2) is 4.79 Å². The lowest BCUT2D eigenvalue weighted by Crippen LogP contribution is -2.53. The molecule has 1 aromatic rings. The van der Waals surface area contributed by atoms with E-state index in [0.717, 1.165) is 24.9 Å². The average molecular weight is 248 g/mol. The molecule has 4 heteroatoms. The van der Waals surface area contributed by atoms with Crippen LogP contribution in [0, 0.1) is 0 Å². The lowest BCUT2D eigenvalue weighted by Gasteiger charge is -2.42. The van der Waals surface area contributed by atoms with E-state index >= 15 is 0 Å². The quantitative estimate of drug-likeness (QED) is 0.809. The molecule has 0 radical (unpaired) electrons. The number of rotatable bonds is 2. The molecule has 1 fully saturated rings. The van der Waals surface area contributed by atoms with Crippen molar-refractivity contribution in [3.05, 3.63) is 35.4 Å². The van der Waals surface area contributed by atoms with Gasteiger partial charge in [-0.15, -0.1) is 0 Å². The second-order valence-corrected chi connectivity index (χ2v) is 4.88. The van der Waals surface area contributed by atoms with Crippen LogP contribution in [-0.2, 0) is 10.4 Å². The largest absolute Gasteiger partial charge is 0.465 e. The highest BCUT2D eigenvalue weighted by atomic mass is 16.5. The van der Waals surface area contributed by atoms with Crippen LogP contribution in [0.25, 0.3) is 0 Å². The van der Waals surface area contributed by atoms with E-state index in [4.69, 9.17) is 10.5 Å². The monoisotopic (exact) mass is 248 g/mol. The van der Waals surface area contributed by atoms with Gasteiger partial charge in [-0.05, 0) is 50.6 Å². The fraction of sp³-hybridized carbons (Fsp3) is 0.500. The lowest BCUT2D eigenvalue weighted by molar-refractivity contribution is 0.0597. The van der Waals surface area contributed by atoms with Crippen LogP contribution in [-0.4, -0.2) is 31.6 Å². The smallest absolute Gasteiger partial charge is 0.337 e. The van der Waals surface area contributed by atoms with Crippen LogP contribution in [0.5, 0.6) is 0 Å². The van der Waals surface area contributed by atoms with E-state index in [-0.39, 0.29) is 5.97 Å². The zero-order valence-electron chi connectivity index (χ0n) is 11.0. The Kier molecular flexibility index (Phi) is 3.68. The molecular weight excluding hydrogens is 228 g/mol. The van der Waals surface area contributed by atoms with Crippen LogP contribution < -0.4 is 5.73 Å². The lowest BCUT2D eigenvalue weighted by atomic mass is 9.88. The van der Waals surface area contributed by atoms with Crippen molar-refractivity contribution >= 4 is 5.97 Å². The minimum Gasteiger partial charge on any atom is -0.465 e. The summed E-state index contributed by atoms with van der Waals surface area (Å²) in [4.78, 5) is 13.7. The van der Waals surface area contributed by atoms with Gasteiger partial charge < -0.3 is 10.5 Å². The maximum absolute atomic E-state index is 11.6. The molecule has 0 saturated carbocycles. The molecule has 1 aromatic carbocycles. The van der Waals surface area contributed by atoms with Gasteiger partial charge in [0.2, 0.25) is 0 Å². The van der Waals surface area contributed by atoms with Crippen LogP contribution >= 0.6 is 0 Å². The summed E-state index contributed by atoms with van der Waals surface area (Å²) in [7, 11) is 3.42. The Morgan fingerprint density at radius 3 is 2.89 bits per heavy atom. The molecule has 4 nitrogen and oxygen atoms in total. The van der Waals surface area contributed by atoms with E-state index in [2.05, 4.69) is 4.90 Å². The van der Waals surface area contributed by atoms with E-state index in [1.54, 1.807) is 6.07 Å². The topological polar surface area (TPSA) is 55.6 Å². The summed E-state index contributed by atoms with van der Waals surface area (Å²) in [6.07, 6.45) is 3.20. The summed E-state index contributed by atoms with van der Waals surface area (Å²) in [6.45, 7) is 0.985. The fourth-order valence-electron chi connectivity index (χ4n) is 2.53. The number of esters is 1. The van der Waals surface area contributed by atoms with Crippen molar-refractivity contribution in [3.8, 4) is 0 Å². The minimum absolute atomic E-state index is 0.320. The number of nitrogens with two attached hydrogens (primary N) is 1. The highest BCUT2D eigenvalue weighted by Gasteiger charge is 2.34. The van der Waals surface area contributed by atoms with Gasteiger partial charge in [0.25, 0.3) is 0 Å². The molecule has 1 heterocycles. The molecule has 0 aliphatic carbocycles. The van der Waals surface area contributed by atoms with E-state index in [9.17, 15) is 4.79 Å². The summed E-state index contributed by atoms with van der Waals surface area (Å²) < 4.78 is 4.75. The first-order valence-electron chi connectivity index (χ1n) is 6.27. The van der Waals surface area contributed by atoms with E-state index < -0.39 is 5.66 Å². The Morgan fingerprint density at radius 1 is 1.44 bits per heavy atom. The minimum atomic E-state index is -0.470. The van der Waals surface area contributed by atoms with Crippen molar-refractivity contribution < 1.29 is 9.53 Å². The summed E-state index contributed by atoms with van der Waals surface area (Å²) in [5, 5.41) is 0. The number of nitrogens with zero attached hydrogens (tertiary/aromatic N) is 1. The zero-order valence-corrected chi connectivity index (χ0v) is 11.0. The Balaban J connectivity index is 2.35. The first-order valence-corrected chi connectivity index (χ1v) is 6.27. The SMILES string of the molecule is COC(=O)c1cccc(C2(N)CCCCN2C)c1. The molecule has 2 rings (SSSR count). The number of carbonyl (C=O) groups is 1. The Hall–Kier alpha value is -1.39. The highest BCUT2D eigenvalue weighted by molar-refractivity contribution is 5.89. The molecule has 1 aliphatic heterocycles. The summed E-state index contributed by atoms with van der Waals surface area (Å²) in [6, 6.07) is 7.43. The predicted octanol–water partition coefficient (Wildman–Crippen LogP) is 1.70. The highest BCUT2D eigenvalue weighted by Crippen LogP contribution is 2.32. The number of hydrogen-bond donors (Lipinski definition) is 1. The maximum Gasteiger partial charge on any atom is 0.337 e. The van der Waals surface area contributed by atoms with Crippen LogP contribution in [0.1, 0.15) is 35.2 Å². The zero-order chi connectivity index (χ0) is 13.2. The third kappa shape index (κ3) is 2.26. The van der Waals surface area contributed by atoms with Crippen LogP contribution in [0.3, 0.4) is 0 Å². The van der Waals surface area contributed by atoms with Crippen LogP contribution in [0.2, 0.25) is 0 Å². The number of hydrogen-bond acceptors (Lipinski definition) is 4. The number of ether oxygens (including phenoxy) is 1.